The summed E-state index contributed by atoms with van der Waals surface area (Å²) in [6, 6.07) is 12.9. The second kappa shape index (κ2) is 11.5. The van der Waals surface area contributed by atoms with Crippen LogP contribution in [0.2, 0.25) is 0 Å². The van der Waals surface area contributed by atoms with Crippen LogP contribution in [0, 0.1) is 0 Å². The van der Waals surface area contributed by atoms with Crippen molar-refractivity contribution in [2.24, 2.45) is 5.10 Å². The number of methoxy groups -OCH3 is 2. The number of benzene rings is 2. The molecule has 0 spiro atoms. The van der Waals surface area contributed by atoms with Gasteiger partial charge >= 0.3 is 0 Å². The van der Waals surface area contributed by atoms with Crippen molar-refractivity contribution in [1.82, 2.24) is 15.4 Å². The topological polar surface area (TPSA) is 94.9 Å². The number of para-hydroxylation sites is 1. The fraction of sp³-hybridized carbons (Fsp3) is 0.250. The number of ether oxygens (including phenoxy) is 3. The molecule has 0 aliphatic rings. The van der Waals surface area contributed by atoms with E-state index >= 15 is 0 Å². The van der Waals surface area contributed by atoms with Crippen molar-refractivity contribution in [3.05, 3.63) is 66.1 Å². The zero-order valence-corrected chi connectivity index (χ0v) is 18.4. The minimum atomic E-state index is -0.477. The Morgan fingerprint density at radius 2 is 1.84 bits per heavy atom. The highest BCUT2D eigenvalue weighted by Gasteiger charge is 2.12. The van der Waals surface area contributed by atoms with E-state index < -0.39 is 5.91 Å². The average molecular weight is 434 g/mol. The number of amides is 1. The third-order valence-electron chi connectivity index (χ3n) is 4.54. The van der Waals surface area contributed by atoms with Crippen molar-refractivity contribution in [3.8, 4) is 28.5 Å². The third-order valence-corrected chi connectivity index (χ3v) is 4.54. The van der Waals surface area contributed by atoms with Gasteiger partial charge in [-0.2, -0.15) is 5.10 Å². The van der Waals surface area contributed by atoms with E-state index in [0.29, 0.717) is 35.1 Å². The van der Waals surface area contributed by atoms with Gasteiger partial charge in [0, 0.05) is 17.2 Å². The molecule has 1 aromatic heterocycles. The number of hydrogen-bond acceptors (Lipinski definition) is 7. The quantitative estimate of drug-likeness (QED) is 0.293. The van der Waals surface area contributed by atoms with E-state index in [2.05, 4.69) is 27.4 Å². The van der Waals surface area contributed by atoms with Gasteiger partial charge in [0.2, 0.25) is 0 Å². The molecule has 3 aromatic rings. The normalized spacial score (nSPS) is 10.7. The summed E-state index contributed by atoms with van der Waals surface area (Å²) in [5.41, 5.74) is 4.65. The van der Waals surface area contributed by atoms with Crippen molar-refractivity contribution < 1.29 is 19.0 Å². The van der Waals surface area contributed by atoms with Gasteiger partial charge in [-0.25, -0.2) is 10.4 Å². The predicted molar refractivity (Wildman–Crippen MR) is 122 cm³/mol. The molecule has 0 unspecified atom stereocenters. The van der Waals surface area contributed by atoms with Crippen molar-refractivity contribution in [2.75, 3.05) is 20.8 Å². The number of nitrogens with zero attached hydrogens (tertiary/aromatic N) is 3. The van der Waals surface area contributed by atoms with Crippen LogP contribution in [0.4, 0.5) is 0 Å². The molecular formula is C24H26N4O4. The summed E-state index contributed by atoms with van der Waals surface area (Å²) >= 11 is 0. The fourth-order valence-corrected chi connectivity index (χ4v) is 2.86. The Hall–Kier alpha value is -3.94. The van der Waals surface area contributed by atoms with Crippen molar-refractivity contribution in [3.63, 3.8) is 0 Å². The first-order chi connectivity index (χ1) is 15.6. The first kappa shape index (κ1) is 22.7. The molecule has 3 rings (SSSR count). The summed E-state index contributed by atoms with van der Waals surface area (Å²) in [4.78, 5) is 21.2. The lowest BCUT2D eigenvalue weighted by molar-refractivity contribution is 0.0950. The van der Waals surface area contributed by atoms with E-state index in [-0.39, 0.29) is 5.69 Å². The van der Waals surface area contributed by atoms with Gasteiger partial charge in [-0.3, -0.25) is 9.78 Å². The van der Waals surface area contributed by atoms with E-state index in [1.807, 2.05) is 24.3 Å². The lowest BCUT2D eigenvalue weighted by Crippen LogP contribution is -2.19. The van der Waals surface area contributed by atoms with Crippen LogP contribution in [0.3, 0.4) is 0 Å². The van der Waals surface area contributed by atoms with E-state index in [1.165, 1.54) is 12.4 Å². The summed E-state index contributed by atoms with van der Waals surface area (Å²) in [5.74, 6) is 1.47. The second-order valence-corrected chi connectivity index (χ2v) is 6.83. The summed E-state index contributed by atoms with van der Waals surface area (Å²) in [7, 11) is 3.13. The lowest BCUT2D eigenvalue weighted by atomic mass is 10.1. The number of carbonyl (C=O) groups is 1. The van der Waals surface area contributed by atoms with Gasteiger partial charge in [0.05, 0.1) is 45.1 Å². The van der Waals surface area contributed by atoms with Crippen molar-refractivity contribution in [2.45, 2.75) is 19.8 Å². The highest BCUT2D eigenvalue weighted by molar-refractivity contribution is 5.93. The van der Waals surface area contributed by atoms with E-state index in [1.54, 1.807) is 38.6 Å². The monoisotopic (exact) mass is 434 g/mol. The van der Waals surface area contributed by atoms with Gasteiger partial charge < -0.3 is 14.2 Å². The van der Waals surface area contributed by atoms with Crippen molar-refractivity contribution in [1.29, 1.82) is 0 Å². The van der Waals surface area contributed by atoms with Gasteiger partial charge in [0.25, 0.3) is 5.91 Å². The molecule has 32 heavy (non-hydrogen) atoms. The largest absolute Gasteiger partial charge is 0.497 e. The molecule has 8 heteroatoms. The maximum absolute atomic E-state index is 12.6. The number of unbranched alkanes of at least 4 members (excludes halogenated alkanes) is 1. The number of hydrogen-bond donors (Lipinski definition) is 1. The Morgan fingerprint density at radius 1 is 1.09 bits per heavy atom. The molecule has 1 N–H and O–H groups in total. The van der Waals surface area contributed by atoms with Crippen LogP contribution in [-0.2, 0) is 0 Å². The maximum atomic E-state index is 12.6. The van der Waals surface area contributed by atoms with Crippen LogP contribution in [0.1, 0.15) is 35.8 Å². The first-order valence-corrected chi connectivity index (χ1v) is 10.2. The van der Waals surface area contributed by atoms with E-state index in [4.69, 9.17) is 14.2 Å². The maximum Gasteiger partial charge on any atom is 0.291 e. The second-order valence-electron chi connectivity index (χ2n) is 6.83. The molecule has 166 valence electrons. The van der Waals surface area contributed by atoms with Crippen LogP contribution < -0.4 is 19.6 Å². The summed E-state index contributed by atoms with van der Waals surface area (Å²) in [6.07, 6.45) is 6.49. The van der Waals surface area contributed by atoms with Crippen molar-refractivity contribution >= 4 is 12.1 Å². The Labute approximate surface area is 187 Å². The first-order valence-electron chi connectivity index (χ1n) is 10.2. The molecule has 0 atom stereocenters. The van der Waals surface area contributed by atoms with Gasteiger partial charge in [-0.1, -0.05) is 25.5 Å². The highest BCUT2D eigenvalue weighted by Crippen LogP contribution is 2.28. The fourth-order valence-electron chi connectivity index (χ4n) is 2.86. The van der Waals surface area contributed by atoms with E-state index in [0.717, 1.165) is 18.4 Å². The Kier molecular flexibility index (Phi) is 8.14. The average Bonchev–Trinajstić information content (AvgIpc) is 2.84. The molecule has 1 heterocycles. The molecule has 0 radical (unpaired) electrons. The Balaban J connectivity index is 1.73. The van der Waals surface area contributed by atoms with Crippen LogP contribution in [0.5, 0.6) is 17.2 Å². The summed E-state index contributed by atoms with van der Waals surface area (Å²) in [5, 5.41) is 4.01. The van der Waals surface area contributed by atoms with Gasteiger partial charge in [-0.05, 0) is 30.7 Å². The SMILES string of the molecule is CCCCOc1ccccc1-c1cncc(C(=O)N/N=C/c2cc(OC)cc(OC)c2)n1. The van der Waals surface area contributed by atoms with Crippen LogP contribution in [-0.4, -0.2) is 42.9 Å². The molecule has 1 amide bonds. The molecule has 8 nitrogen and oxygen atoms in total. The standard InChI is InChI=1S/C24H26N4O4/c1-4-5-10-32-23-9-7-6-8-20(23)21-15-25-16-22(27-21)24(29)28-26-14-17-11-18(30-2)13-19(12-17)31-3/h6-9,11-16H,4-5,10H2,1-3H3,(H,28,29)/b26-14+. The lowest BCUT2D eigenvalue weighted by Gasteiger charge is -2.11. The highest BCUT2D eigenvalue weighted by atomic mass is 16.5. The molecule has 0 aliphatic carbocycles. The number of hydrazone groups is 1. The number of nitrogens with one attached hydrogen (secondary N) is 1. The zero-order valence-electron chi connectivity index (χ0n) is 18.4. The van der Waals surface area contributed by atoms with Gasteiger partial charge in [0.15, 0.2) is 0 Å². The number of carbonyl (C=O) groups excluding carboxylic acids is 1. The van der Waals surface area contributed by atoms with Crippen LogP contribution in [0.15, 0.2) is 60.0 Å². The minimum Gasteiger partial charge on any atom is -0.497 e. The zero-order chi connectivity index (χ0) is 22.8. The summed E-state index contributed by atoms with van der Waals surface area (Å²) < 4.78 is 16.3. The van der Waals surface area contributed by atoms with Gasteiger partial charge in [0.1, 0.15) is 22.9 Å². The molecule has 0 saturated carbocycles. The minimum absolute atomic E-state index is 0.145. The molecule has 0 fully saturated rings. The van der Waals surface area contributed by atoms with Gasteiger partial charge in [-0.15, -0.1) is 0 Å². The Morgan fingerprint density at radius 3 is 2.56 bits per heavy atom. The van der Waals surface area contributed by atoms with Crippen LogP contribution >= 0.6 is 0 Å². The van der Waals surface area contributed by atoms with E-state index in [9.17, 15) is 4.79 Å². The number of rotatable bonds is 10. The molecule has 2 aromatic carbocycles. The Bertz CT molecular complexity index is 1060. The third kappa shape index (κ3) is 6.04. The number of aromatic nitrogens is 2. The predicted octanol–water partition coefficient (Wildman–Crippen LogP) is 4.10. The molecule has 0 saturated heterocycles. The molecular weight excluding hydrogens is 408 g/mol. The van der Waals surface area contributed by atoms with Crippen LogP contribution in [0.25, 0.3) is 11.3 Å². The smallest absolute Gasteiger partial charge is 0.291 e. The summed E-state index contributed by atoms with van der Waals surface area (Å²) in [6.45, 7) is 2.72. The molecule has 0 aliphatic heterocycles. The molecule has 0 bridgehead atoms.